The van der Waals surface area contributed by atoms with Gasteiger partial charge in [-0.3, -0.25) is 14.6 Å². The molecule has 3 aliphatic heterocycles. The van der Waals surface area contributed by atoms with Crippen molar-refractivity contribution >= 4 is 5.91 Å². The highest BCUT2D eigenvalue weighted by molar-refractivity contribution is 5.78. The lowest BCUT2D eigenvalue weighted by Gasteiger charge is -2.42. The lowest BCUT2D eigenvalue weighted by Crippen LogP contribution is -2.51. The molecule has 0 saturated carbocycles. The largest absolute Gasteiger partial charge is 0.396 e. The number of benzene rings is 1. The van der Waals surface area contributed by atoms with Crippen LogP contribution in [-0.4, -0.2) is 71.1 Å². The molecule has 0 aromatic heterocycles. The molecule has 0 bridgehead atoms. The number of hydrogen-bond acceptors (Lipinski definition) is 4. The summed E-state index contributed by atoms with van der Waals surface area (Å²) in [6, 6.07) is 9.09. The molecular formula is C21H31N3O2. The number of likely N-dealkylation sites (tertiary alicyclic amines) is 2. The van der Waals surface area contributed by atoms with Crippen LogP contribution in [0.4, 0.5) is 0 Å². The second-order valence-electron chi connectivity index (χ2n) is 8.21. The lowest BCUT2D eigenvalue weighted by atomic mass is 9.94. The number of nitrogens with zero attached hydrogens (tertiary/aromatic N) is 3. The Morgan fingerprint density at radius 1 is 1.04 bits per heavy atom. The van der Waals surface area contributed by atoms with Crippen LogP contribution in [0.25, 0.3) is 0 Å². The van der Waals surface area contributed by atoms with E-state index in [1.807, 2.05) is 0 Å². The minimum Gasteiger partial charge on any atom is -0.396 e. The van der Waals surface area contributed by atoms with Crippen LogP contribution in [0.3, 0.4) is 0 Å². The van der Waals surface area contributed by atoms with Crippen LogP contribution in [0.2, 0.25) is 0 Å². The highest BCUT2D eigenvalue weighted by Crippen LogP contribution is 2.25. The number of rotatable bonds is 4. The first-order valence-electron chi connectivity index (χ1n) is 10.1. The molecule has 1 aromatic rings. The van der Waals surface area contributed by atoms with Gasteiger partial charge in [-0.25, -0.2) is 0 Å². The number of carbonyl (C=O) groups excluding carboxylic acids is 1. The Hall–Kier alpha value is -1.43. The van der Waals surface area contributed by atoms with Gasteiger partial charge in [-0.1, -0.05) is 24.3 Å². The van der Waals surface area contributed by atoms with Crippen LogP contribution in [0.5, 0.6) is 0 Å². The first-order valence-corrected chi connectivity index (χ1v) is 10.1. The molecule has 4 rings (SSSR count). The van der Waals surface area contributed by atoms with Crippen LogP contribution in [0.15, 0.2) is 24.3 Å². The summed E-state index contributed by atoms with van der Waals surface area (Å²) in [7, 11) is 0. The summed E-state index contributed by atoms with van der Waals surface area (Å²) in [4.78, 5) is 19.6. The van der Waals surface area contributed by atoms with Gasteiger partial charge < -0.3 is 10.0 Å². The highest BCUT2D eigenvalue weighted by Gasteiger charge is 2.31. The normalized spacial score (nSPS) is 25.4. The van der Waals surface area contributed by atoms with Crippen LogP contribution in [-0.2, 0) is 17.9 Å². The van der Waals surface area contributed by atoms with Crippen molar-refractivity contribution in [1.29, 1.82) is 0 Å². The van der Waals surface area contributed by atoms with Gasteiger partial charge in [0.2, 0.25) is 5.91 Å². The van der Waals surface area contributed by atoms with Crippen LogP contribution < -0.4 is 0 Å². The number of hydrogen-bond donors (Lipinski definition) is 1. The van der Waals surface area contributed by atoms with Gasteiger partial charge >= 0.3 is 0 Å². The second-order valence-corrected chi connectivity index (χ2v) is 8.21. The molecule has 26 heavy (non-hydrogen) atoms. The fourth-order valence-corrected chi connectivity index (χ4v) is 4.87. The zero-order chi connectivity index (χ0) is 17.9. The van der Waals surface area contributed by atoms with Crippen LogP contribution in [0, 0.1) is 5.92 Å². The Morgan fingerprint density at radius 2 is 1.73 bits per heavy atom. The number of aliphatic hydroxyl groups excluding tert-OH is 1. The maximum absolute atomic E-state index is 12.7. The van der Waals surface area contributed by atoms with E-state index in [1.165, 1.54) is 17.5 Å². The molecule has 2 saturated heterocycles. The van der Waals surface area contributed by atoms with E-state index in [0.717, 1.165) is 58.5 Å². The summed E-state index contributed by atoms with van der Waals surface area (Å²) >= 11 is 0. The molecule has 1 atom stereocenters. The number of carbonyl (C=O) groups is 1. The molecule has 1 N–H and O–H groups in total. The van der Waals surface area contributed by atoms with Crippen molar-refractivity contribution in [2.75, 3.05) is 39.3 Å². The first-order chi connectivity index (χ1) is 12.7. The fraction of sp³-hybridized carbons (Fsp3) is 0.667. The zero-order valence-corrected chi connectivity index (χ0v) is 15.6. The molecule has 5 heteroatoms. The smallest absolute Gasteiger partial charge is 0.236 e. The van der Waals surface area contributed by atoms with Gasteiger partial charge in [-0.15, -0.1) is 0 Å². The van der Waals surface area contributed by atoms with E-state index < -0.39 is 0 Å². The standard InChI is InChI=1S/C21H31N3O2/c25-16-17-4-3-9-24(12-17)20-7-10-23(11-8-20)21(26)15-22-13-18-5-1-2-6-19(18)14-22/h1-2,5-6,17,20,25H,3-4,7-16H2/t17-/m0/s1. The number of aliphatic hydroxyl groups is 1. The van der Waals surface area contributed by atoms with Crippen LogP contribution in [0.1, 0.15) is 36.8 Å². The third-order valence-electron chi connectivity index (χ3n) is 6.41. The van der Waals surface area contributed by atoms with Gasteiger partial charge in [-0.05, 0) is 49.3 Å². The molecule has 1 amide bonds. The van der Waals surface area contributed by atoms with Crippen molar-refractivity contribution in [2.45, 2.75) is 44.8 Å². The van der Waals surface area contributed by atoms with Crippen molar-refractivity contribution in [2.24, 2.45) is 5.92 Å². The van der Waals surface area contributed by atoms with Gasteiger partial charge in [0.1, 0.15) is 0 Å². The molecule has 0 aliphatic carbocycles. The highest BCUT2D eigenvalue weighted by atomic mass is 16.3. The predicted octanol–water partition coefficient (Wildman–Crippen LogP) is 1.70. The van der Waals surface area contributed by atoms with E-state index in [0.29, 0.717) is 25.1 Å². The fourth-order valence-electron chi connectivity index (χ4n) is 4.87. The van der Waals surface area contributed by atoms with Crippen LogP contribution >= 0.6 is 0 Å². The summed E-state index contributed by atoms with van der Waals surface area (Å²) < 4.78 is 0. The topological polar surface area (TPSA) is 47.0 Å². The minimum absolute atomic E-state index is 0.281. The van der Waals surface area contributed by atoms with Gasteiger partial charge in [-0.2, -0.15) is 0 Å². The van der Waals surface area contributed by atoms with Crippen molar-refractivity contribution in [3.63, 3.8) is 0 Å². The van der Waals surface area contributed by atoms with Gasteiger partial charge in [0, 0.05) is 45.4 Å². The third-order valence-corrected chi connectivity index (χ3v) is 6.41. The quantitative estimate of drug-likeness (QED) is 0.891. The average molecular weight is 357 g/mol. The molecule has 0 radical (unpaired) electrons. The predicted molar refractivity (Wildman–Crippen MR) is 102 cm³/mol. The molecule has 3 aliphatic rings. The Morgan fingerprint density at radius 3 is 2.38 bits per heavy atom. The Bertz CT molecular complexity index is 602. The molecular weight excluding hydrogens is 326 g/mol. The lowest BCUT2D eigenvalue weighted by molar-refractivity contribution is -0.134. The number of amides is 1. The third kappa shape index (κ3) is 3.95. The monoisotopic (exact) mass is 357 g/mol. The molecule has 142 valence electrons. The Labute approximate surface area is 156 Å². The van der Waals surface area contributed by atoms with Gasteiger partial charge in [0.05, 0.1) is 6.54 Å². The van der Waals surface area contributed by atoms with E-state index in [-0.39, 0.29) is 5.91 Å². The number of piperidine rings is 2. The molecule has 3 heterocycles. The summed E-state index contributed by atoms with van der Waals surface area (Å²) in [6.07, 6.45) is 4.50. The Balaban J connectivity index is 1.24. The molecule has 1 aromatic carbocycles. The molecule has 0 spiro atoms. The summed E-state index contributed by atoms with van der Waals surface area (Å²) in [5, 5.41) is 9.44. The Kier molecular flexibility index (Phi) is 5.57. The van der Waals surface area contributed by atoms with E-state index >= 15 is 0 Å². The van der Waals surface area contributed by atoms with Gasteiger partial charge in [0.25, 0.3) is 0 Å². The maximum Gasteiger partial charge on any atom is 0.236 e. The average Bonchev–Trinajstić information content (AvgIpc) is 3.10. The van der Waals surface area contributed by atoms with Crippen molar-refractivity contribution < 1.29 is 9.90 Å². The summed E-state index contributed by atoms with van der Waals surface area (Å²) in [5.41, 5.74) is 2.73. The maximum atomic E-state index is 12.7. The van der Waals surface area contributed by atoms with Crippen molar-refractivity contribution in [3.8, 4) is 0 Å². The minimum atomic E-state index is 0.281. The van der Waals surface area contributed by atoms with Gasteiger partial charge in [0.15, 0.2) is 0 Å². The van der Waals surface area contributed by atoms with E-state index in [4.69, 9.17) is 0 Å². The number of fused-ring (bicyclic) bond motifs is 1. The first kappa shape index (κ1) is 18.0. The van der Waals surface area contributed by atoms with E-state index in [1.54, 1.807) is 0 Å². The van der Waals surface area contributed by atoms with Crippen molar-refractivity contribution in [1.82, 2.24) is 14.7 Å². The van der Waals surface area contributed by atoms with E-state index in [9.17, 15) is 9.90 Å². The molecule has 0 unspecified atom stereocenters. The second kappa shape index (κ2) is 8.07. The zero-order valence-electron chi connectivity index (χ0n) is 15.6. The summed E-state index contributed by atoms with van der Waals surface area (Å²) in [6.45, 7) is 6.59. The van der Waals surface area contributed by atoms with Crippen molar-refractivity contribution in [3.05, 3.63) is 35.4 Å². The molecule has 2 fully saturated rings. The van der Waals surface area contributed by atoms with E-state index in [2.05, 4.69) is 39.0 Å². The SMILES string of the molecule is O=C(CN1Cc2ccccc2C1)N1CCC(N2CCC[C@H](CO)C2)CC1. The molecule has 5 nitrogen and oxygen atoms in total. The summed E-state index contributed by atoms with van der Waals surface area (Å²) in [5.74, 6) is 0.725.